The molecular weight excluding hydrogens is 367 g/mol. The van der Waals surface area contributed by atoms with Gasteiger partial charge in [-0.25, -0.2) is 9.07 Å². The fraction of sp³-hybridized carbons (Fsp3) is 0.0870. The molecule has 0 aliphatic carbocycles. The zero-order valence-electron chi connectivity index (χ0n) is 15.6. The van der Waals surface area contributed by atoms with Crippen molar-refractivity contribution in [2.45, 2.75) is 6.42 Å². The molecule has 6 heteroatoms. The van der Waals surface area contributed by atoms with Crippen molar-refractivity contribution in [2.24, 2.45) is 0 Å². The van der Waals surface area contributed by atoms with E-state index >= 15 is 0 Å². The molecule has 0 spiro atoms. The molecule has 0 bridgehead atoms. The Morgan fingerprint density at radius 1 is 0.931 bits per heavy atom. The highest BCUT2D eigenvalue weighted by Gasteiger charge is 2.10. The van der Waals surface area contributed by atoms with E-state index in [2.05, 4.69) is 15.6 Å². The summed E-state index contributed by atoms with van der Waals surface area (Å²) in [5.41, 5.74) is 4.07. The van der Waals surface area contributed by atoms with Crippen LogP contribution >= 0.6 is 0 Å². The minimum atomic E-state index is -0.296. The van der Waals surface area contributed by atoms with Crippen LogP contribution in [0, 0.1) is 5.82 Å². The lowest BCUT2D eigenvalue weighted by molar-refractivity contribution is 0.0954. The summed E-state index contributed by atoms with van der Waals surface area (Å²) in [6, 6.07) is 23.3. The van der Waals surface area contributed by atoms with Gasteiger partial charge in [-0.15, -0.1) is 5.10 Å². The molecule has 4 rings (SSSR count). The van der Waals surface area contributed by atoms with Gasteiger partial charge in [0.2, 0.25) is 0 Å². The summed E-state index contributed by atoms with van der Waals surface area (Å²) >= 11 is 0. The molecule has 3 aromatic carbocycles. The van der Waals surface area contributed by atoms with Crippen LogP contribution in [0.2, 0.25) is 0 Å². The molecule has 1 amide bonds. The third-order valence-corrected chi connectivity index (χ3v) is 4.61. The summed E-state index contributed by atoms with van der Waals surface area (Å²) < 4.78 is 14.8. The zero-order valence-corrected chi connectivity index (χ0v) is 15.6. The largest absolute Gasteiger partial charge is 0.352 e. The molecule has 0 aliphatic rings. The Hall–Kier alpha value is -3.80. The van der Waals surface area contributed by atoms with Gasteiger partial charge >= 0.3 is 0 Å². The number of halogens is 1. The van der Waals surface area contributed by atoms with Crippen LogP contribution in [-0.2, 0) is 6.42 Å². The molecule has 0 atom stereocenters. The standard InChI is InChI=1S/C23H19FN4O/c24-20-10-6-18(7-11-20)22-16-26-27-28(22)21-12-8-19(9-13-21)23(29)25-15-14-17-4-2-1-3-5-17/h1-13,16H,14-15H2,(H,25,29). The van der Waals surface area contributed by atoms with Crippen molar-refractivity contribution < 1.29 is 9.18 Å². The summed E-state index contributed by atoms with van der Waals surface area (Å²) in [7, 11) is 0. The van der Waals surface area contributed by atoms with E-state index in [4.69, 9.17) is 0 Å². The Labute approximate surface area is 167 Å². The van der Waals surface area contributed by atoms with Crippen LogP contribution in [0.3, 0.4) is 0 Å². The Morgan fingerprint density at radius 2 is 1.66 bits per heavy atom. The Balaban J connectivity index is 1.44. The number of nitrogens with zero attached hydrogens (tertiary/aromatic N) is 3. The first-order valence-corrected chi connectivity index (χ1v) is 9.30. The van der Waals surface area contributed by atoms with E-state index in [1.54, 1.807) is 35.1 Å². The van der Waals surface area contributed by atoms with Crippen LogP contribution in [-0.4, -0.2) is 27.4 Å². The van der Waals surface area contributed by atoms with Crippen molar-refractivity contribution in [3.63, 3.8) is 0 Å². The summed E-state index contributed by atoms with van der Waals surface area (Å²) in [5.74, 6) is -0.416. The van der Waals surface area contributed by atoms with Gasteiger partial charge in [0.25, 0.3) is 5.91 Å². The van der Waals surface area contributed by atoms with Crippen LogP contribution in [0.4, 0.5) is 4.39 Å². The molecular formula is C23H19FN4O. The summed E-state index contributed by atoms with van der Waals surface area (Å²) in [6.45, 7) is 0.572. The molecule has 5 nitrogen and oxygen atoms in total. The van der Waals surface area contributed by atoms with E-state index in [0.717, 1.165) is 23.4 Å². The van der Waals surface area contributed by atoms with Crippen molar-refractivity contribution in [1.29, 1.82) is 0 Å². The van der Waals surface area contributed by atoms with Gasteiger partial charge in [0.15, 0.2) is 0 Å². The van der Waals surface area contributed by atoms with E-state index in [1.807, 2.05) is 42.5 Å². The van der Waals surface area contributed by atoms with Crippen LogP contribution < -0.4 is 5.32 Å². The van der Waals surface area contributed by atoms with E-state index in [9.17, 15) is 9.18 Å². The van der Waals surface area contributed by atoms with E-state index in [1.165, 1.54) is 17.7 Å². The molecule has 144 valence electrons. The molecule has 1 heterocycles. The molecule has 0 fully saturated rings. The van der Waals surface area contributed by atoms with Gasteiger partial charge in [-0.1, -0.05) is 35.5 Å². The molecule has 4 aromatic rings. The second-order valence-corrected chi connectivity index (χ2v) is 6.58. The lowest BCUT2D eigenvalue weighted by atomic mass is 10.1. The van der Waals surface area contributed by atoms with Crippen molar-refractivity contribution in [1.82, 2.24) is 20.3 Å². The number of benzene rings is 3. The second-order valence-electron chi connectivity index (χ2n) is 6.58. The van der Waals surface area contributed by atoms with Crippen molar-refractivity contribution >= 4 is 5.91 Å². The Bertz CT molecular complexity index is 1090. The molecule has 0 saturated heterocycles. The van der Waals surface area contributed by atoms with Crippen LogP contribution in [0.15, 0.2) is 85.1 Å². The number of nitrogens with one attached hydrogen (secondary N) is 1. The fourth-order valence-electron chi connectivity index (χ4n) is 3.06. The Kier molecular flexibility index (Phi) is 5.42. The molecule has 0 saturated carbocycles. The Morgan fingerprint density at radius 3 is 2.38 bits per heavy atom. The van der Waals surface area contributed by atoms with Gasteiger partial charge in [-0.05, 0) is 60.5 Å². The predicted molar refractivity (Wildman–Crippen MR) is 109 cm³/mol. The normalized spacial score (nSPS) is 10.7. The first-order valence-electron chi connectivity index (χ1n) is 9.30. The van der Waals surface area contributed by atoms with Gasteiger partial charge in [0.05, 0.1) is 17.6 Å². The first kappa shape index (κ1) is 18.6. The van der Waals surface area contributed by atoms with Crippen molar-refractivity contribution in [3.05, 3.63) is 102 Å². The maximum absolute atomic E-state index is 13.2. The first-order chi connectivity index (χ1) is 14.2. The predicted octanol–water partition coefficient (Wildman–Crippen LogP) is 4.05. The summed E-state index contributed by atoms with van der Waals surface area (Å²) in [5, 5.41) is 11.0. The maximum atomic E-state index is 13.2. The average molecular weight is 386 g/mol. The van der Waals surface area contributed by atoms with Gasteiger partial charge in [0.1, 0.15) is 5.82 Å². The zero-order chi connectivity index (χ0) is 20.1. The number of carbonyl (C=O) groups excluding carboxylic acids is 1. The summed E-state index contributed by atoms with van der Waals surface area (Å²) in [4.78, 5) is 12.4. The van der Waals surface area contributed by atoms with Gasteiger partial charge < -0.3 is 5.32 Å². The smallest absolute Gasteiger partial charge is 0.251 e. The van der Waals surface area contributed by atoms with Crippen LogP contribution in [0.5, 0.6) is 0 Å². The highest BCUT2D eigenvalue weighted by Crippen LogP contribution is 2.22. The number of carbonyl (C=O) groups is 1. The fourth-order valence-corrected chi connectivity index (χ4v) is 3.06. The topological polar surface area (TPSA) is 59.8 Å². The number of aromatic nitrogens is 3. The highest BCUT2D eigenvalue weighted by molar-refractivity contribution is 5.94. The number of amides is 1. The molecule has 1 aromatic heterocycles. The lowest BCUT2D eigenvalue weighted by Gasteiger charge is -2.08. The summed E-state index contributed by atoms with van der Waals surface area (Å²) in [6.07, 6.45) is 2.40. The second kappa shape index (κ2) is 8.48. The molecule has 0 aliphatic heterocycles. The quantitative estimate of drug-likeness (QED) is 0.544. The maximum Gasteiger partial charge on any atom is 0.251 e. The van der Waals surface area contributed by atoms with E-state index in [-0.39, 0.29) is 11.7 Å². The molecule has 29 heavy (non-hydrogen) atoms. The third-order valence-electron chi connectivity index (χ3n) is 4.61. The van der Waals surface area contributed by atoms with Crippen LogP contribution in [0.1, 0.15) is 15.9 Å². The van der Waals surface area contributed by atoms with Gasteiger partial charge in [0, 0.05) is 17.7 Å². The number of hydrogen-bond donors (Lipinski definition) is 1. The molecule has 0 unspecified atom stereocenters. The minimum Gasteiger partial charge on any atom is -0.352 e. The molecule has 0 radical (unpaired) electrons. The highest BCUT2D eigenvalue weighted by atomic mass is 19.1. The van der Waals surface area contributed by atoms with E-state index < -0.39 is 0 Å². The third kappa shape index (κ3) is 4.38. The SMILES string of the molecule is O=C(NCCc1ccccc1)c1ccc(-n2nncc2-c2ccc(F)cc2)cc1. The average Bonchev–Trinajstić information content (AvgIpc) is 3.25. The number of rotatable bonds is 6. The van der Waals surface area contributed by atoms with Gasteiger partial charge in [-0.2, -0.15) is 0 Å². The minimum absolute atomic E-state index is 0.121. The van der Waals surface area contributed by atoms with Crippen molar-refractivity contribution in [2.75, 3.05) is 6.54 Å². The van der Waals surface area contributed by atoms with Gasteiger partial charge in [-0.3, -0.25) is 4.79 Å². The monoisotopic (exact) mass is 386 g/mol. The molecule has 1 N–H and O–H groups in total. The van der Waals surface area contributed by atoms with E-state index in [0.29, 0.717) is 12.1 Å². The van der Waals surface area contributed by atoms with Crippen molar-refractivity contribution in [3.8, 4) is 16.9 Å². The lowest BCUT2D eigenvalue weighted by Crippen LogP contribution is -2.25. The number of hydrogen-bond acceptors (Lipinski definition) is 3. The van der Waals surface area contributed by atoms with Crippen LogP contribution in [0.25, 0.3) is 16.9 Å².